The summed E-state index contributed by atoms with van der Waals surface area (Å²) in [5.41, 5.74) is 10.8. The predicted molar refractivity (Wildman–Crippen MR) is 233 cm³/mol. The maximum atomic E-state index is 2.37. The van der Waals surface area contributed by atoms with Gasteiger partial charge in [0.15, 0.2) is 0 Å². The van der Waals surface area contributed by atoms with Crippen molar-refractivity contribution in [3.8, 4) is 43.1 Å². The molecule has 0 aliphatic carbocycles. The van der Waals surface area contributed by atoms with Crippen LogP contribution in [0, 0.1) is 0 Å². The zero-order valence-corrected chi connectivity index (χ0v) is 38.0. The third-order valence-electron chi connectivity index (χ3n) is 9.99. The van der Waals surface area contributed by atoms with Crippen LogP contribution >= 0.6 is 22.7 Å². The first-order valence-corrected chi connectivity index (χ1v) is 21.0. The Bertz CT molecular complexity index is 2180. The molecule has 0 amide bonds. The SMILES string of the molecule is CCCc1ccc(-c2cccc3[cH-]c(-c4ccc(CCC)s4)cc23)cc1.CCCc1ccc(-c2cccc3[cH-]c(-c4ccc(CCC)s4)cc23)cc1.[Cl-].[Cl-].[Zr+4]. The summed E-state index contributed by atoms with van der Waals surface area (Å²) in [6.45, 7) is 8.95. The van der Waals surface area contributed by atoms with Crippen molar-refractivity contribution in [1.82, 2.24) is 0 Å². The van der Waals surface area contributed by atoms with Crippen LogP contribution in [0.2, 0.25) is 0 Å². The van der Waals surface area contributed by atoms with Crippen LogP contribution in [0.5, 0.6) is 0 Å². The predicted octanol–water partition coefficient (Wildman–Crippen LogP) is 9.72. The molecule has 0 N–H and O–H groups in total. The number of benzene rings is 4. The van der Waals surface area contributed by atoms with E-state index in [9.17, 15) is 0 Å². The molecule has 0 atom stereocenters. The van der Waals surface area contributed by atoms with Gasteiger partial charge < -0.3 is 24.8 Å². The van der Waals surface area contributed by atoms with E-state index in [1.54, 1.807) is 0 Å². The maximum Gasteiger partial charge on any atom is 4.00 e. The summed E-state index contributed by atoms with van der Waals surface area (Å²) in [4.78, 5) is 5.74. The third kappa shape index (κ3) is 10.7. The molecule has 0 saturated heterocycles. The Kier molecular flexibility index (Phi) is 17.4. The Labute approximate surface area is 368 Å². The van der Waals surface area contributed by atoms with E-state index in [4.69, 9.17) is 0 Å². The minimum Gasteiger partial charge on any atom is -1.00 e. The zero-order chi connectivity index (χ0) is 35.9. The molecule has 2 aromatic heterocycles. The standard InChI is InChI=1S/2C25H25S.2ClH.Zr/c2*1-3-6-18-10-12-19(13-11-18)23-9-5-8-20-16-21(17-24(20)23)25-15-14-22(26-25)7-4-2;;;/h2*5,8-17H,3-4,6-7H2,1-2H3;2*1H;/q2*-1;;;+4/p-2. The molecule has 0 spiro atoms. The largest absolute Gasteiger partial charge is 4.00 e. The monoisotopic (exact) mass is 874 g/mol. The average Bonchev–Trinajstić information content (AvgIpc) is 3.99. The van der Waals surface area contributed by atoms with Gasteiger partial charge in [-0.05, 0) is 67.4 Å². The van der Waals surface area contributed by atoms with Crippen LogP contribution in [-0.4, -0.2) is 0 Å². The van der Waals surface area contributed by atoms with E-state index in [2.05, 4.69) is 161 Å². The number of rotatable bonds is 12. The molecule has 0 unspecified atom stereocenters. The molecule has 0 aliphatic rings. The fourth-order valence-electron chi connectivity index (χ4n) is 7.36. The number of hydrogen-bond donors (Lipinski definition) is 0. The number of aryl methyl sites for hydroxylation is 4. The van der Waals surface area contributed by atoms with E-state index in [1.807, 2.05) is 22.7 Å². The van der Waals surface area contributed by atoms with Gasteiger partial charge in [0.2, 0.25) is 0 Å². The number of thiophene rings is 2. The maximum absolute atomic E-state index is 2.37. The molecule has 0 saturated carbocycles. The van der Waals surface area contributed by atoms with Crippen LogP contribution in [-0.2, 0) is 51.9 Å². The summed E-state index contributed by atoms with van der Waals surface area (Å²) >= 11 is 3.87. The molecule has 0 radical (unpaired) electrons. The van der Waals surface area contributed by atoms with E-state index in [-0.39, 0.29) is 51.0 Å². The fraction of sp³-hybridized carbons (Fsp3) is 0.240. The molecule has 8 rings (SSSR count). The van der Waals surface area contributed by atoms with Gasteiger partial charge in [0, 0.05) is 0 Å². The van der Waals surface area contributed by atoms with Gasteiger partial charge in [0.1, 0.15) is 0 Å². The minimum absolute atomic E-state index is 0. The summed E-state index contributed by atoms with van der Waals surface area (Å²) in [5.74, 6) is 0. The van der Waals surface area contributed by atoms with Crippen molar-refractivity contribution in [1.29, 1.82) is 0 Å². The van der Waals surface area contributed by atoms with Gasteiger partial charge in [-0.2, -0.15) is 22.7 Å². The topological polar surface area (TPSA) is 0 Å². The first-order valence-electron chi connectivity index (χ1n) is 19.3. The van der Waals surface area contributed by atoms with Crippen molar-refractivity contribution < 1.29 is 51.0 Å². The summed E-state index contributed by atoms with van der Waals surface area (Å²) in [7, 11) is 0. The molecular formula is C50H50Cl2S2Zr. The second kappa shape index (κ2) is 21.5. The molecule has 8 aromatic rings. The van der Waals surface area contributed by atoms with E-state index >= 15 is 0 Å². The van der Waals surface area contributed by atoms with Gasteiger partial charge in [-0.15, -0.1) is 69.1 Å². The molecule has 280 valence electrons. The van der Waals surface area contributed by atoms with E-state index in [0.29, 0.717) is 0 Å². The van der Waals surface area contributed by atoms with Gasteiger partial charge in [0.25, 0.3) is 0 Å². The van der Waals surface area contributed by atoms with Gasteiger partial charge in [-0.3, -0.25) is 0 Å². The summed E-state index contributed by atoms with van der Waals surface area (Å²) in [6.07, 6.45) is 9.49. The number of fused-ring (bicyclic) bond motifs is 2. The molecule has 55 heavy (non-hydrogen) atoms. The Morgan fingerprint density at radius 2 is 0.818 bits per heavy atom. The first-order chi connectivity index (χ1) is 25.6. The summed E-state index contributed by atoms with van der Waals surface area (Å²) in [5, 5.41) is 5.38. The minimum atomic E-state index is 0. The van der Waals surface area contributed by atoms with Crippen LogP contribution in [0.3, 0.4) is 0 Å². The Balaban J connectivity index is 0.000000232. The van der Waals surface area contributed by atoms with Gasteiger partial charge in [-0.25, -0.2) is 0 Å². The van der Waals surface area contributed by atoms with E-state index in [1.165, 1.54) is 124 Å². The summed E-state index contributed by atoms with van der Waals surface area (Å²) < 4.78 is 0. The zero-order valence-electron chi connectivity index (χ0n) is 32.4. The quantitative estimate of drug-likeness (QED) is 0.107. The van der Waals surface area contributed by atoms with Gasteiger partial charge in [-0.1, -0.05) is 162 Å². The van der Waals surface area contributed by atoms with Crippen LogP contribution in [0.1, 0.15) is 74.3 Å². The van der Waals surface area contributed by atoms with Crippen LogP contribution in [0.15, 0.2) is 133 Å². The normalized spacial score (nSPS) is 10.7. The Morgan fingerprint density at radius 3 is 1.18 bits per heavy atom. The van der Waals surface area contributed by atoms with Crippen molar-refractivity contribution in [3.63, 3.8) is 0 Å². The third-order valence-corrected chi connectivity index (χ3v) is 12.4. The van der Waals surface area contributed by atoms with E-state index < -0.39 is 0 Å². The van der Waals surface area contributed by atoms with Crippen molar-refractivity contribution in [3.05, 3.63) is 154 Å². The molecule has 0 nitrogen and oxygen atoms in total. The number of halogens is 2. The van der Waals surface area contributed by atoms with Crippen molar-refractivity contribution >= 4 is 44.2 Å². The number of hydrogen-bond acceptors (Lipinski definition) is 2. The smallest absolute Gasteiger partial charge is 1.00 e. The Morgan fingerprint density at radius 1 is 0.436 bits per heavy atom. The van der Waals surface area contributed by atoms with Crippen molar-refractivity contribution in [2.75, 3.05) is 0 Å². The van der Waals surface area contributed by atoms with Crippen LogP contribution in [0.25, 0.3) is 64.7 Å². The molecular weight excluding hydrogens is 827 g/mol. The average molecular weight is 877 g/mol. The first kappa shape index (κ1) is 44.7. The molecule has 2 heterocycles. The molecule has 6 aromatic carbocycles. The van der Waals surface area contributed by atoms with Crippen molar-refractivity contribution in [2.45, 2.75) is 79.1 Å². The van der Waals surface area contributed by atoms with Crippen molar-refractivity contribution in [2.24, 2.45) is 0 Å². The molecule has 5 heteroatoms. The van der Waals surface area contributed by atoms with Crippen LogP contribution < -0.4 is 24.8 Å². The fourth-order valence-corrected chi connectivity index (χ4v) is 9.56. The summed E-state index contributed by atoms with van der Waals surface area (Å²) in [6, 6.07) is 50.1. The second-order valence-corrected chi connectivity index (χ2v) is 16.4. The van der Waals surface area contributed by atoms with Gasteiger partial charge >= 0.3 is 26.2 Å². The Hall–Kier alpha value is -3.04. The molecule has 0 fully saturated rings. The van der Waals surface area contributed by atoms with E-state index in [0.717, 1.165) is 12.8 Å². The molecule has 0 bridgehead atoms. The second-order valence-electron chi connectivity index (χ2n) is 14.0. The van der Waals surface area contributed by atoms with Gasteiger partial charge in [0.05, 0.1) is 0 Å². The van der Waals surface area contributed by atoms with Crippen LogP contribution in [0.4, 0.5) is 0 Å². The molecule has 0 aliphatic heterocycles.